The van der Waals surface area contributed by atoms with Crippen molar-refractivity contribution >= 4 is 15.9 Å². The highest BCUT2D eigenvalue weighted by Gasteiger charge is 2.25. The number of hydrogen-bond acceptors (Lipinski definition) is 4. The molecule has 0 radical (unpaired) electrons. The number of amides is 1. The van der Waals surface area contributed by atoms with E-state index in [0.29, 0.717) is 30.8 Å². The lowest BCUT2D eigenvalue weighted by Gasteiger charge is -2.15. The van der Waals surface area contributed by atoms with Crippen LogP contribution in [0.5, 0.6) is 5.75 Å². The van der Waals surface area contributed by atoms with E-state index in [-0.39, 0.29) is 11.7 Å². The van der Waals surface area contributed by atoms with E-state index in [0.717, 1.165) is 24.2 Å². The van der Waals surface area contributed by atoms with Crippen LogP contribution in [0.3, 0.4) is 0 Å². The Kier molecular flexibility index (Phi) is 6.13. The average molecular weight is 388 g/mol. The third-order valence-corrected chi connectivity index (χ3v) is 6.46. The molecule has 0 atom stereocenters. The third kappa shape index (κ3) is 5.08. The smallest absolute Gasteiger partial charge is 0.251 e. The highest BCUT2D eigenvalue weighted by molar-refractivity contribution is 7.88. The number of ether oxygens (including phenoxy) is 1. The maximum absolute atomic E-state index is 12.4. The Labute approximate surface area is 160 Å². The zero-order valence-corrected chi connectivity index (χ0v) is 16.2. The molecule has 1 fully saturated rings. The summed E-state index contributed by atoms with van der Waals surface area (Å²) >= 11 is 0. The van der Waals surface area contributed by atoms with Gasteiger partial charge in [-0.1, -0.05) is 24.3 Å². The van der Waals surface area contributed by atoms with Crippen molar-refractivity contribution in [1.29, 1.82) is 0 Å². The predicted octanol–water partition coefficient (Wildman–Crippen LogP) is 2.55. The monoisotopic (exact) mass is 388 g/mol. The summed E-state index contributed by atoms with van der Waals surface area (Å²) in [5.41, 5.74) is 2.13. The Hall–Kier alpha value is -2.38. The molecule has 144 valence electrons. The van der Waals surface area contributed by atoms with Crippen molar-refractivity contribution in [2.45, 2.75) is 25.1 Å². The van der Waals surface area contributed by atoms with Gasteiger partial charge in [-0.15, -0.1) is 0 Å². The third-order valence-electron chi connectivity index (χ3n) is 4.61. The van der Waals surface area contributed by atoms with Crippen LogP contribution < -0.4 is 10.1 Å². The lowest BCUT2D eigenvalue weighted by molar-refractivity contribution is 0.0951. The molecule has 6 nitrogen and oxygen atoms in total. The van der Waals surface area contributed by atoms with Crippen molar-refractivity contribution in [2.75, 3.05) is 20.2 Å². The summed E-state index contributed by atoms with van der Waals surface area (Å²) in [5.74, 6) is 0.510. The van der Waals surface area contributed by atoms with E-state index >= 15 is 0 Å². The number of nitrogens with zero attached hydrogens (tertiary/aromatic N) is 1. The van der Waals surface area contributed by atoms with Crippen LogP contribution in [0.2, 0.25) is 0 Å². The molecule has 27 heavy (non-hydrogen) atoms. The maximum atomic E-state index is 12.4. The van der Waals surface area contributed by atoms with Gasteiger partial charge in [0.25, 0.3) is 5.91 Å². The van der Waals surface area contributed by atoms with E-state index < -0.39 is 10.0 Å². The van der Waals surface area contributed by atoms with Crippen LogP contribution >= 0.6 is 0 Å². The number of benzene rings is 2. The van der Waals surface area contributed by atoms with Crippen LogP contribution in [-0.4, -0.2) is 38.8 Å². The summed E-state index contributed by atoms with van der Waals surface area (Å²) < 4.78 is 31.5. The van der Waals surface area contributed by atoms with Gasteiger partial charge in [-0.2, -0.15) is 0 Å². The van der Waals surface area contributed by atoms with Gasteiger partial charge in [0.05, 0.1) is 12.9 Å². The van der Waals surface area contributed by atoms with E-state index in [4.69, 9.17) is 4.74 Å². The van der Waals surface area contributed by atoms with Gasteiger partial charge in [0.15, 0.2) is 0 Å². The summed E-state index contributed by atoms with van der Waals surface area (Å²) in [6.07, 6.45) is 1.84. The molecule has 0 spiro atoms. The minimum Gasteiger partial charge on any atom is -0.497 e. The van der Waals surface area contributed by atoms with Gasteiger partial charge < -0.3 is 10.1 Å². The van der Waals surface area contributed by atoms with E-state index in [1.807, 2.05) is 24.3 Å². The molecule has 7 heteroatoms. The molecule has 1 heterocycles. The number of carbonyl (C=O) groups excluding carboxylic acids is 1. The molecule has 2 aromatic carbocycles. The fourth-order valence-electron chi connectivity index (χ4n) is 3.09. The molecule has 1 saturated heterocycles. The van der Waals surface area contributed by atoms with E-state index in [1.165, 1.54) is 0 Å². The molecule has 1 N–H and O–H groups in total. The van der Waals surface area contributed by atoms with Crippen molar-refractivity contribution in [3.8, 4) is 5.75 Å². The van der Waals surface area contributed by atoms with E-state index in [2.05, 4.69) is 5.32 Å². The second-order valence-electron chi connectivity index (χ2n) is 6.59. The fourth-order valence-corrected chi connectivity index (χ4v) is 4.70. The highest BCUT2D eigenvalue weighted by atomic mass is 32.2. The van der Waals surface area contributed by atoms with Crippen molar-refractivity contribution in [1.82, 2.24) is 9.62 Å². The second-order valence-corrected chi connectivity index (χ2v) is 8.56. The van der Waals surface area contributed by atoms with Gasteiger partial charge in [-0.3, -0.25) is 4.79 Å². The summed E-state index contributed by atoms with van der Waals surface area (Å²) in [6.45, 7) is 1.60. The average Bonchev–Trinajstić information content (AvgIpc) is 3.22. The first-order chi connectivity index (χ1) is 13.0. The lowest BCUT2D eigenvalue weighted by atomic mass is 10.1. The molecule has 3 rings (SSSR count). The van der Waals surface area contributed by atoms with Crippen LogP contribution in [0, 0.1) is 0 Å². The Morgan fingerprint density at radius 3 is 2.44 bits per heavy atom. The van der Waals surface area contributed by atoms with Crippen molar-refractivity contribution < 1.29 is 17.9 Å². The molecule has 0 aliphatic carbocycles. The Morgan fingerprint density at radius 1 is 1.07 bits per heavy atom. The molecular formula is C20H24N2O4S. The highest BCUT2D eigenvalue weighted by Crippen LogP contribution is 2.18. The van der Waals surface area contributed by atoms with Crippen LogP contribution in [0.4, 0.5) is 0 Å². The van der Waals surface area contributed by atoms with Crippen LogP contribution in [0.15, 0.2) is 48.5 Å². The Bertz CT molecular complexity index is 888. The molecule has 0 bridgehead atoms. The summed E-state index contributed by atoms with van der Waals surface area (Å²) in [5, 5.41) is 2.86. The first-order valence-corrected chi connectivity index (χ1v) is 10.6. The number of rotatable bonds is 7. The zero-order chi connectivity index (χ0) is 19.3. The number of methoxy groups -OCH3 is 1. The van der Waals surface area contributed by atoms with Gasteiger partial charge in [-0.05, 0) is 48.2 Å². The number of hydrogen-bond donors (Lipinski definition) is 1. The van der Waals surface area contributed by atoms with Crippen LogP contribution in [0.1, 0.15) is 34.3 Å². The Morgan fingerprint density at radius 2 is 1.78 bits per heavy atom. The summed E-state index contributed by atoms with van der Waals surface area (Å²) in [6, 6.07) is 14.2. The van der Waals surface area contributed by atoms with E-state index in [9.17, 15) is 13.2 Å². The minimum atomic E-state index is -3.28. The Balaban J connectivity index is 1.58. The van der Waals surface area contributed by atoms with Crippen molar-refractivity contribution in [2.24, 2.45) is 0 Å². The molecule has 0 saturated carbocycles. The van der Waals surface area contributed by atoms with E-state index in [1.54, 1.807) is 35.7 Å². The fraction of sp³-hybridized carbons (Fsp3) is 0.350. The number of carbonyl (C=O) groups is 1. The SMILES string of the molecule is COc1cccc(CNC(=O)c2ccc(CS(=O)(=O)N3CCCC3)cc2)c1. The van der Waals surface area contributed by atoms with Crippen molar-refractivity contribution in [3.05, 3.63) is 65.2 Å². The lowest BCUT2D eigenvalue weighted by Crippen LogP contribution is -2.29. The number of nitrogens with one attached hydrogen (secondary N) is 1. The standard InChI is InChI=1S/C20H24N2O4S/c1-26-19-6-4-5-17(13-19)14-21-20(23)18-9-7-16(8-10-18)15-27(24,25)22-11-2-3-12-22/h4-10,13H,2-3,11-12,14-15H2,1H3,(H,21,23). The second kappa shape index (κ2) is 8.54. The predicted molar refractivity (Wildman–Crippen MR) is 104 cm³/mol. The van der Waals surface area contributed by atoms with Gasteiger partial charge in [0.1, 0.15) is 5.75 Å². The first-order valence-electron chi connectivity index (χ1n) is 8.96. The van der Waals surface area contributed by atoms with Gasteiger partial charge in [-0.25, -0.2) is 12.7 Å². The zero-order valence-electron chi connectivity index (χ0n) is 15.3. The quantitative estimate of drug-likeness (QED) is 0.791. The number of sulfonamides is 1. The summed E-state index contributed by atoms with van der Waals surface area (Å²) in [4.78, 5) is 12.3. The van der Waals surface area contributed by atoms with Gasteiger partial charge >= 0.3 is 0 Å². The molecule has 0 unspecified atom stereocenters. The minimum absolute atomic E-state index is 0.0291. The summed E-state index contributed by atoms with van der Waals surface area (Å²) in [7, 11) is -1.68. The van der Waals surface area contributed by atoms with Crippen molar-refractivity contribution in [3.63, 3.8) is 0 Å². The maximum Gasteiger partial charge on any atom is 0.251 e. The molecule has 1 aliphatic rings. The first kappa shape index (κ1) is 19.4. The van der Waals surface area contributed by atoms with Crippen LogP contribution in [-0.2, 0) is 22.3 Å². The van der Waals surface area contributed by atoms with Gasteiger partial charge in [0, 0.05) is 25.2 Å². The molecule has 1 aliphatic heterocycles. The molecular weight excluding hydrogens is 364 g/mol. The normalized spacial score (nSPS) is 14.9. The topological polar surface area (TPSA) is 75.7 Å². The molecule has 0 aromatic heterocycles. The molecule has 2 aromatic rings. The van der Waals surface area contributed by atoms with Crippen LogP contribution in [0.25, 0.3) is 0 Å². The molecule has 1 amide bonds. The van der Waals surface area contributed by atoms with Gasteiger partial charge in [0.2, 0.25) is 10.0 Å². The largest absolute Gasteiger partial charge is 0.497 e.